The number of nitrogens with one attached hydrogen (secondary N) is 1. The maximum atomic E-state index is 5.70. The SMILES string of the molecule is COc1cccc(C(CNc2ccnc(N)c2)N(C)C)c1. The Kier molecular flexibility index (Phi) is 5.00. The van der Waals surface area contributed by atoms with Crippen LogP contribution in [-0.4, -0.2) is 37.6 Å². The minimum atomic E-state index is 0.231. The summed E-state index contributed by atoms with van der Waals surface area (Å²) in [5.74, 6) is 1.38. The lowest BCUT2D eigenvalue weighted by molar-refractivity contribution is 0.310. The Balaban J connectivity index is 2.12. The van der Waals surface area contributed by atoms with Crippen LogP contribution in [0, 0.1) is 0 Å². The van der Waals surface area contributed by atoms with E-state index >= 15 is 0 Å². The van der Waals surface area contributed by atoms with E-state index in [0.29, 0.717) is 5.82 Å². The third kappa shape index (κ3) is 4.10. The number of ether oxygens (including phenoxy) is 1. The first-order valence-corrected chi connectivity index (χ1v) is 6.86. The monoisotopic (exact) mass is 286 g/mol. The van der Waals surface area contributed by atoms with Gasteiger partial charge in [0.25, 0.3) is 0 Å². The summed E-state index contributed by atoms with van der Waals surface area (Å²) in [5.41, 5.74) is 7.87. The standard InChI is InChI=1S/C16H22N4O/c1-20(2)15(12-5-4-6-14(9-12)21-3)11-19-13-7-8-18-16(17)10-13/h4-10,15H,11H2,1-3H3,(H3,17,18,19). The van der Waals surface area contributed by atoms with Crippen LogP contribution in [0.5, 0.6) is 5.75 Å². The van der Waals surface area contributed by atoms with E-state index in [1.165, 1.54) is 5.56 Å². The number of aromatic nitrogens is 1. The second-order valence-corrected chi connectivity index (χ2v) is 5.11. The molecule has 0 fully saturated rings. The van der Waals surface area contributed by atoms with Crippen LogP contribution < -0.4 is 15.8 Å². The van der Waals surface area contributed by atoms with Gasteiger partial charge in [0.2, 0.25) is 0 Å². The van der Waals surface area contributed by atoms with Gasteiger partial charge in [-0.15, -0.1) is 0 Å². The molecule has 0 saturated carbocycles. The highest BCUT2D eigenvalue weighted by Gasteiger charge is 2.14. The van der Waals surface area contributed by atoms with Crippen LogP contribution in [0.2, 0.25) is 0 Å². The molecule has 0 aliphatic carbocycles. The van der Waals surface area contributed by atoms with Crippen LogP contribution in [0.4, 0.5) is 11.5 Å². The summed E-state index contributed by atoms with van der Waals surface area (Å²) in [4.78, 5) is 6.17. The fraction of sp³-hybridized carbons (Fsp3) is 0.312. The number of likely N-dealkylation sites (N-methyl/N-ethyl adjacent to an activating group) is 1. The second kappa shape index (κ2) is 6.95. The number of methoxy groups -OCH3 is 1. The van der Waals surface area contributed by atoms with E-state index in [1.54, 1.807) is 13.3 Å². The van der Waals surface area contributed by atoms with E-state index in [4.69, 9.17) is 10.5 Å². The summed E-state index contributed by atoms with van der Waals surface area (Å²) in [7, 11) is 5.81. The van der Waals surface area contributed by atoms with E-state index in [9.17, 15) is 0 Å². The number of pyridine rings is 1. The van der Waals surface area contributed by atoms with Crippen molar-refractivity contribution in [1.29, 1.82) is 0 Å². The van der Waals surface area contributed by atoms with Crippen molar-refractivity contribution in [1.82, 2.24) is 9.88 Å². The van der Waals surface area contributed by atoms with Crippen molar-refractivity contribution >= 4 is 11.5 Å². The Morgan fingerprint density at radius 3 is 2.76 bits per heavy atom. The molecular formula is C16H22N4O. The normalized spacial score (nSPS) is 12.2. The number of nitrogens with zero attached hydrogens (tertiary/aromatic N) is 2. The smallest absolute Gasteiger partial charge is 0.125 e. The Morgan fingerprint density at radius 2 is 2.10 bits per heavy atom. The van der Waals surface area contributed by atoms with Crippen molar-refractivity contribution in [3.05, 3.63) is 48.2 Å². The number of nitrogens with two attached hydrogens (primary N) is 1. The van der Waals surface area contributed by atoms with Crippen LogP contribution >= 0.6 is 0 Å². The highest BCUT2D eigenvalue weighted by atomic mass is 16.5. The van der Waals surface area contributed by atoms with Crippen molar-refractivity contribution in [3.8, 4) is 5.75 Å². The van der Waals surface area contributed by atoms with Gasteiger partial charge in [-0.25, -0.2) is 4.98 Å². The molecule has 1 aromatic heterocycles. The van der Waals surface area contributed by atoms with Gasteiger partial charge in [0, 0.05) is 24.5 Å². The van der Waals surface area contributed by atoms with E-state index in [2.05, 4.69) is 41.4 Å². The van der Waals surface area contributed by atoms with Gasteiger partial charge < -0.3 is 20.7 Å². The number of nitrogen functional groups attached to an aromatic ring is 1. The summed E-state index contributed by atoms with van der Waals surface area (Å²) in [6.45, 7) is 0.767. The maximum absolute atomic E-state index is 5.70. The van der Waals surface area contributed by atoms with E-state index in [0.717, 1.165) is 18.0 Å². The Hall–Kier alpha value is -2.27. The molecule has 5 nitrogen and oxygen atoms in total. The van der Waals surface area contributed by atoms with Gasteiger partial charge in [-0.1, -0.05) is 12.1 Å². The Bertz CT molecular complexity index is 586. The lowest BCUT2D eigenvalue weighted by Gasteiger charge is -2.26. The van der Waals surface area contributed by atoms with Gasteiger partial charge in [-0.3, -0.25) is 0 Å². The summed E-state index contributed by atoms with van der Waals surface area (Å²) < 4.78 is 5.30. The van der Waals surface area contributed by atoms with Crippen molar-refractivity contribution in [2.75, 3.05) is 38.8 Å². The molecule has 2 aromatic rings. The van der Waals surface area contributed by atoms with Crippen LogP contribution in [0.25, 0.3) is 0 Å². The molecule has 0 aliphatic heterocycles. The molecule has 1 heterocycles. The predicted octanol–water partition coefficient (Wildman–Crippen LogP) is 2.39. The average molecular weight is 286 g/mol. The summed E-state index contributed by atoms with van der Waals surface area (Å²) in [5, 5.41) is 3.40. The summed E-state index contributed by atoms with van der Waals surface area (Å²) in [6.07, 6.45) is 1.70. The molecule has 0 spiro atoms. The van der Waals surface area contributed by atoms with Crippen LogP contribution in [0.15, 0.2) is 42.6 Å². The molecule has 0 radical (unpaired) electrons. The van der Waals surface area contributed by atoms with Crippen molar-refractivity contribution in [2.24, 2.45) is 0 Å². The molecule has 112 valence electrons. The number of hydrogen-bond acceptors (Lipinski definition) is 5. The second-order valence-electron chi connectivity index (χ2n) is 5.11. The van der Waals surface area contributed by atoms with Crippen molar-refractivity contribution in [2.45, 2.75) is 6.04 Å². The molecule has 2 rings (SSSR count). The zero-order valence-corrected chi connectivity index (χ0v) is 12.7. The van der Waals surface area contributed by atoms with Crippen molar-refractivity contribution < 1.29 is 4.74 Å². The molecule has 21 heavy (non-hydrogen) atoms. The molecule has 1 atom stereocenters. The number of rotatable bonds is 6. The zero-order chi connectivity index (χ0) is 15.2. The van der Waals surface area contributed by atoms with Crippen LogP contribution in [-0.2, 0) is 0 Å². The maximum Gasteiger partial charge on any atom is 0.125 e. The summed E-state index contributed by atoms with van der Waals surface area (Å²) >= 11 is 0. The van der Waals surface area contributed by atoms with Gasteiger partial charge in [0.15, 0.2) is 0 Å². The molecule has 0 saturated heterocycles. The minimum absolute atomic E-state index is 0.231. The number of hydrogen-bond donors (Lipinski definition) is 2. The fourth-order valence-corrected chi connectivity index (χ4v) is 2.22. The predicted molar refractivity (Wildman–Crippen MR) is 86.6 cm³/mol. The zero-order valence-electron chi connectivity index (χ0n) is 12.7. The van der Waals surface area contributed by atoms with Gasteiger partial charge in [0.05, 0.1) is 13.2 Å². The first kappa shape index (κ1) is 15.1. The molecule has 0 bridgehead atoms. The van der Waals surface area contributed by atoms with E-state index < -0.39 is 0 Å². The Labute approximate surface area is 125 Å². The quantitative estimate of drug-likeness (QED) is 0.853. The van der Waals surface area contributed by atoms with E-state index in [1.807, 2.05) is 24.3 Å². The van der Waals surface area contributed by atoms with E-state index in [-0.39, 0.29) is 6.04 Å². The third-order valence-corrected chi connectivity index (χ3v) is 3.38. The third-order valence-electron chi connectivity index (χ3n) is 3.38. The van der Waals surface area contributed by atoms with Gasteiger partial charge >= 0.3 is 0 Å². The lowest BCUT2D eigenvalue weighted by Crippen LogP contribution is -2.26. The molecule has 1 aromatic carbocycles. The molecular weight excluding hydrogens is 264 g/mol. The number of anilines is 2. The highest BCUT2D eigenvalue weighted by molar-refractivity contribution is 5.50. The molecule has 1 unspecified atom stereocenters. The first-order valence-electron chi connectivity index (χ1n) is 6.86. The van der Waals surface area contributed by atoms with Gasteiger partial charge in [-0.05, 0) is 37.9 Å². The lowest BCUT2D eigenvalue weighted by atomic mass is 10.1. The van der Waals surface area contributed by atoms with Gasteiger partial charge in [-0.2, -0.15) is 0 Å². The Morgan fingerprint density at radius 1 is 1.29 bits per heavy atom. The summed E-state index contributed by atoms with van der Waals surface area (Å²) in [6, 6.07) is 12.1. The largest absolute Gasteiger partial charge is 0.497 e. The average Bonchev–Trinajstić information content (AvgIpc) is 2.47. The van der Waals surface area contributed by atoms with Crippen molar-refractivity contribution in [3.63, 3.8) is 0 Å². The van der Waals surface area contributed by atoms with Crippen LogP contribution in [0.1, 0.15) is 11.6 Å². The topological polar surface area (TPSA) is 63.4 Å². The molecule has 5 heteroatoms. The minimum Gasteiger partial charge on any atom is -0.497 e. The fourth-order valence-electron chi connectivity index (χ4n) is 2.22. The van der Waals surface area contributed by atoms with Crippen LogP contribution in [0.3, 0.4) is 0 Å². The highest BCUT2D eigenvalue weighted by Crippen LogP contribution is 2.23. The molecule has 0 aliphatic rings. The van der Waals surface area contributed by atoms with Gasteiger partial charge in [0.1, 0.15) is 11.6 Å². The molecule has 0 amide bonds. The number of benzene rings is 1. The molecule has 3 N–H and O–H groups in total. The first-order chi connectivity index (χ1) is 10.1.